The van der Waals surface area contributed by atoms with E-state index in [1.165, 1.54) is 109 Å². The maximum atomic E-state index is 12.1. The van der Waals surface area contributed by atoms with Crippen molar-refractivity contribution in [3.05, 3.63) is 0 Å². The number of carbonyl (C=O) groups excluding carboxylic acids is 1. The van der Waals surface area contributed by atoms with E-state index in [9.17, 15) is 4.79 Å². The van der Waals surface area contributed by atoms with Crippen LogP contribution < -0.4 is 11.1 Å². The van der Waals surface area contributed by atoms with E-state index in [-0.39, 0.29) is 5.91 Å². The van der Waals surface area contributed by atoms with Gasteiger partial charge in [0.25, 0.3) is 0 Å². The van der Waals surface area contributed by atoms with Gasteiger partial charge < -0.3 is 120 Å². The van der Waals surface area contributed by atoms with Gasteiger partial charge in [-0.1, -0.05) is 122 Å². The van der Waals surface area contributed by atoms with Crippen LogP contribution in [0.1, 0.15) is 135 Å². The lowest BCUT2D eigenvalue weighted by Crippen LogP contribution is -2.52. The number of nitrogens with one attached hydrogen (secondary N) is 1. The molecule has 0 saturated heterocycles. The molecule has 576 valence electrons. The third-order valence-electron chi connectivity index (χ3n) is 14.0. The minimum absolute atomic E-state index is 0.116. The van der Waals surface area contributed by atoms with Crippen LogP contribution in [0.2, 0.25) is 0 Å². The van der Waals surface area contributed by atoms with Crippen molar-refractivity contribution >= 4 is 5.91 Å². The molecule has 0 aromatic carbocycles. The number of hydrogen-bond donors (Lipinski definition) is 2. The van der Waals surface area contributed by atoms with Crippen molar-refractivity contribution in [3.8, 4) is 0 Å². The van der Waals surface area contributed by atoms with Crippen LogP contribution in [0.5, 0.6) is 0 Å². The molecular weight excluding hydrogens is 1250 g/mol. The summed E-state index contributed by atoms with van der Waals surface area (Å²) in [6, 6.07) is 0. The zero-order valence-electron chi connectivity index (χ0n) is 60.6. The van der Waals surface area contributed by atoms with Gasteiger partial charge in [0, 0.05) is 13.0 Å². The SMILES string of the molecule is CCCCCCCCCCCCCCCCCCCCCC(=O)NCCOCCOCCOCCOCCOCCOCCOCCOCCOCCOCCOCCOCCOCCOCCOCCOCCOCCOCCOCCOCCOCCOCCOCC[NH3+]. The van der Waals surface area contributed by atoms with Gasteiger partial charge in [-0.25, -0.2) is 0 Å². The molecule has 0 aliphatic heterocycles. The van der Waals surface area contributed by atoms with Gasteiger partial charge in [-0.05, 0) is 6.42 Å². The summed E-state index contributed by atoms with van der Waals surface area (Å²) in [5, 5.41) is 2.96. The molecule has 0 radical (unpaired) electrons. The number of quaternary nitrogens is 1. The van der Waals surface area contributed by atoms with Crippen molar-refractivity contribution in [2.75, 3.05) is 317 Å². The minimum atomic E-state index is 0.116. The lowest BCUT2D eigenvalue weighted by Gasteiger charge is -2.09. The highest BCUT2D eigenvalue weighted by Gasteiger charge is 2.04. The number of amides is 1. The van der Waals surface area contributed by atoms with Gasteiger partial charge in [0.15, 0.2) is 0 Å². The summed E-state index contributed by atoms with van der Waals surface area (Å²) < 4.78 is 127. The third-order valence-corrected chi connectivity index (χ3v) is 14.0. The van der Waals surface area contributed by atoms with E-state index >= 15 is 0 Å². The molecule has 4 N–H and O–H groups in total. The van der Waals surface area contributed by atoms with Crippen molar-refractivity contribution in [1.82, 2.24) is 5.32 Å². The Hall–Kier alpha value is -1.49. The van der Waals surface area contributed by atoms with Crippen LogP contribution in [0.3, 0.4) is 0 Å². The fourth-order valence-corrected chi connectivity index (χ4v) is 8.76. The minimum Gasteiger partial charge on any atom is -0.377 e. The Morgan fingerprint density at radius 3 is 0.490 bits per heavy atom. The average molecular weight is 1400 g/mol. The van der Waals surface area contributed by atoms with E-state index < -0.39 is 0 Å². The van der Waals surface area contributed by atoms with Crippen molar-refractivity contribution in [2.24, 2.45) is 0 Å². The second kappa shape index (κ2) is 91.5. The average Bonchev–Trinajstić information content (AvgIpc) is 3.64. The fraction of sp³-hybridized carbons (Fsp3) is 0.986. The third kappa shape index (κ3) is 90.5. The highest BCUT2D eigenvalue weighted by molar-refractivity contribution is 5.75. The molecule has 0 heterocycles. The topological polar surface area (TPSA) is 269 Å². The van der Waals surface area contributed by atoms with Crippen LogP contribution >= 0.6 is 0 Å². The van der Waals surface area contributed by atoms with Crippen molar-refractivity contribution in [3.63, 3.8) is 0 Å². The first-order valence-electron chi connectivity index (χ1n) is 37.1. The van der Waals surface area contributed by atoms with Crippen LogP contribution in [-0.2, 0) is 114 Å². The van der Waals surface area contributed by atoms with Gasteiger partial charge in [0.1, 0.15) is 0 Å². The highest BCUT2D eigenvalue weighted by Crippen LogP contribution is 2.15. The molecule has 0 aliphatic rings. The lowest BCUT2D eigenvalue weighted by molar-refractivity contribution is -0.374. The molecule has 0 atom stereocenters. The van der Waals surface area contributed by atoms with Crippen LogP contribution in [0.25, 0.3) is 0 Å². The van der Waals surface area contributed by atoms with Crippen LogP contribution in [0, 0.1) is 0 Å². The number of hydrogen-bond acceptors (Lipinski definition) is 24. The summed E-state index contributed by atoms with van der Waals surface area (Å²) in [6.07, 6.45) is 26.3. The summed E-state index contributed by atoms with van der Waals surface area (Å²) in [4.78, 5) is 12.1. The lowest BCUT2D eigenvalue weighted by atomic mass is 10.0. The first-order valence-corrected chi connectivity index (χ1v) is 37.1. The molecule has 1 amide bonds. The molecule has 0 aromatic heterocycles. The van der Waals surface area contributed by atoms with Gasteiger partial charge in [-0.3, -0.25) is 4.79 Å². The Morgan fingerprint density at radius 2 is 0.333 bits per heavy atom. The van der Waals surface area contributed by atoms with E-state index in [1.807, 2.05) is 0 Å². The Labute approximate surface area is 581 Å². The zero-order valence-corrected chi connectivity index (χ0v) is 60.6. The molecule has 0 saturated carbocycles. The highest BCUT2D eigenvalue weighted by atomic mass is 16.6. The molecule has 0 bridgehead atoms. The zero-order chi connectivity index (χ0) is 68.6. The molecule has 26 nitrogen and oxygen atoms in total. The largest absolute Gasteiger partial charge is 0.377 e. The number of unbranched alkanes of at least 4 members (excludes halogenated alkanes) is 18. The van der Waals surface area contributed by atoms with E-state index in [0.717, 1.165) is 19.4 Å². The maximum Gasteiger partial charge on any atom is 0.220 e. The van der Waals surface area contributed by atoms with Gasteiger partial charge in [0.05, 0.1) is 310 Å². The predicted molar refractivity (Wildman–Crippen MR) is 368 cm³/mol. The second-order valence-electron chi connectivity index (χ2n) is 22.4. The number of ether oxygens (including phenoxy) is 23. The quantitative estimate of drug-likeness (QED) is 0.0611. The van der Waals surface area contributed by atoms with Crippen LogP contribution in [-0.4, -0.2) is 323 Å². The molecular formula is C70H143N2O24+. The van der Waals surface area contributed by atoms with Crippen molar-refractivity contribution < 1.29 is 119 Å². The van der Waals surface area contributed by atoms with E-state index in [0.29, 0.717) is 317 Å². The van der Waals surface area contributed by atoms with E-state index in [1.54, 1.807) is 0 Å². The summed E-state index contributed by atoms with van der Waals surface area (Å²) in [6.45, 7) is 26.6. The standard InChI is InChI=1S/C70H142N2O24/c1-2-3-4-5-6-7-8-9-10-11-12-13-14-15-16-17-18-19-20-21-70(73)72-23-25-75-27-29-77-31-33-79-35-37-81-39-41-83-43-45-85-47-49-87-51-53-89-55-57-91-59-61-93-63-65-95-67-69-96-68-66-94-64-62-92-60-58-90-56-54-88-52-50-86-48-46-84-44-42-82-40-38-80-36-34-78-32-30-76-28-26-74-24-22-71/h2-69,71H2,1H3,(H,72,73)/p+1. The van der Waals surface area contributed by atoms with Gasteiger partial charge in [-0.2, -0.15) is 0 Å². The predicted octanol–water partition coefficient (Wildman–Crippen LogP) is 6.55. The molecule has 0 rings (SSSR count). The van der Waals surface area contributed by atoms with Crippen LogP contribution in [0.4, 0.5) is 0 Å². The smallest absolute Gasteiger partial charge is 0.220 e. The maximum absolute atomic E-state index is 12.1. The molecule has 0 fully saturated rings. The molecule has 0 aliphatic carbocycles. The van der Waals surface area contributed by atoms with E-state index in [4.69, 9.17) is 109 Å². The van der Waals surface area contributed by atoms with Crippen molar-refractivity contribution in [2.45, 2.75) is 135 Å². The monoisotopic (exact) mass is 1400 g/mol. The molecule has 26 heteroatoms. The Kier molecular flexibility index (Phi) is 90.1. The molecule has 0 aromatic rings. The number of carbonyl (C=O) groups is 1. The summed E-state index contributed by atoms with van der Waals surface area (Å²) in [5.41, 5.74) is 3.72. The molecule has 0 unspecified atom stereocenters. The van der Waals surface area contributed by atoms with Gasteiger partial charge >= 0.3 is 0 Å². The second-order valence-corrected chi connectivity index (χ2v) is 22.4. The van der Waals surface area contributed by atoms with Gasteiger partial charge in [-0.15, -0.1) is 0 Å². The summed E-state index contributed by atoms with van der Waals surface area (Å²) in [7, 11) is 0. The normalized spacial score (nSPS) is 11.7. The number of rotatable bonds is 91. The first kappa shape index (κ1) is 94.5. The molecule has 96 heavy (non-hydrogen) atoms. The Morgan fingerprint density at radius 1 is 0.198 bits per heavy atom. The van der Waals surface area contributed by atoms with Crippen LogP contribution in [0.15, 0.2) is 0 Å². The fourth-order valence-electron chi connectivity index (χ4n) is 8.76. The van der Waals surface area contributed by atoms with Gasteiger partial charge in [0.2, 0.25) is 5.91 Å². The van der Waals surface area contributed by atoms with Crippen molar-refractivity contribution in [1.29, 1.82) is 0 Å². The summed E-state index contributed by atoms with van der Waals surface area (Å²) in [5.74, 6) is 0.116. The Balaban J connectivity index is 3.12. The Bertz CT molecular complexity index is 1380. The summed E-state index contributed by atoms with van der Waals surface area (Å²) >= 11 is 0. The van der Waals surface area contributed by atoms with E-state index in [2.05, 4.69) is 18.0 Å². The first-order chi connectivity index (χ1) is 47.8. The molecule has 0 spiro atoms.